The number of nitrogens with zero attached hydrogens (tertiary/aromatic N) is 1. The molecular formula is C14H19N3O3. The van der Waals surface area contributed by atoms with Gasteiger partial charge in [0.05, 0.1) is 12.3 Å². The zero-order valence-corrected chi connectivity index (χ0v) is 11.5. The summed E-state index contributed by atoms with van der Waals surface area (Å²) < 4.78 is 5.41. The molecule has 1 aliphatic heterocycles. The van der Waals surface area contributed by atoms with E-state index in [2.05, 4.69) is 10.6 Å². The van der Waals surface area contributed by atoms with Crippen LogP contribution in [-0.4, -0.2) is 49.5 Å². The van der Waals surface area contributed by atoms with Crippen LogP contribution in [0.3, 0.4) is 0 Å². The molecule has 0 aliphatic carbocycles. The Hall–Kier alpha value is -2.08. The van der Waals surface area contributed by atoms with Crippen LogP contribution in [0.1, 0.15) is 6.92 Å². The van der Waals surface area contributed by atoms with Gasteiger partial charge in [-0.25, -0.2) is 0 Å². The van der Waals surface area contributed by atoms with Gasteiger partial charge >= 0.3 is 11.8 Å². The first-order valence-corrected chi connectivity index (χ1v) is 6.75. The number of hydrogen-bond donors (Lipinski definition) is 2. The first-order chi connectivity index (χ1) is 9.72. The zero-order chi connectivity index (χ0) is 14.4. The highest BCUT2D eigenvalue weighted by molar-refractivity contribution is 6.39. The third kappa shape index (κ3) is 3.48. The van der Waals surface area contributed by atoms with Gasteiger partial charge in [0.2, 0.25) is 0 Å². The largest absolute Gasteiger partial charge is 0.492 e. The van der Waals surface area contributed by atoms with Crippen molar-refractivity contribution in [3.8, 4) is 5.75 Å². The lowest BCUT2D eigenvalue weighted by Crippen LogP contribution is -2.49. The van der Waals surface area contributed by atoms with Crippen LogP contribution in [-0.2, 0) is 9.59 Å². The molecule has 2 rings (SSSR count). The van der Waals surface area contributed by atoms with Crippen molar-refractivity contribution in [2.75, 3.05) is 38.1 Å². The highest BCUT2D eigenvalue weighted by atomic mass is 16.5. The summed E-state index contributed by atoms with van der Waals surface area (Å²) in [6, 6.07) is 7.08. The van der Waals surface area contributed by atoms with Crippen molar-refractivity contribution >= 4 is 17.5 Å². The molecule has 0 atom stereocenters. The number of hydrogen-bond acceptors (Lipinski definition) is 4. The van der Waals surface area contributed by atoms with Gasteiger partial charge in [0, 0.05) is 26.2 Å². The highest BCUT2D eigenvalue weighted by Gasteiger charge is 2.23. The normalized spacial score (nSPS) is 14.8. The van der Waals surface area contributed by atoms with Crippen LogP contribution in [0.4, 0.5) is 5.69 Å². The van der Waals surface area contributed by atoms with Gasteiger partial charge in [-0.15, -0.1) is 0 Å². The molecule has 0 saturated carbocycles. The third-order valence-electron chi connectivity index (χ3n) is 3.03. The van der Waals surface area contributed by atoms with E-state index >= 15 is 0 Å². The second-order valence-corrected chi connectivity index (χ2v) is 4.43. The second-order valence-electron chi connectivity index (χ2n) is 4.43. The Balaban J connectivity index is 2.01. The smallest absolute Gasteiger partial charge is 0.314 e. The minimum atomic E-state index is -0.626. The van der Waals surface area contributed by atoms with Crippen LogP contribution in [0.5, 0.6) is 5.75 Å². The molecule has 20 heavy (non-hydrogen) atoms. The molecule has 6 heteroatoms. The lowest BCUT2D eigenvalue weighted by Gasteiger charge is -2.26. The molecule has 108 valence electrons. The van der Waals surface area contributed by atoms with Crippen LogP contribution in [0, 0.1) is 0 Å². The van der Waals surface area contributed by atoms with Crippen LogP contribution in [0.25, 0.3) is 0 Å². The summed E-state index contributed by atoms with van der Waals surface area (Å²) in [6.07, 6.45) is 0. The van der Waals surface area contributed by atoms with E-state index in [1.165, 1.54) is 0 Å². The van der Waals surface area contributed by atoms with Crippen molar-refractivity contribution in [2.24, 2.45) is 0 Å². The monoisotopic (exact) mass is 277 g/mol. The van der Waals surface area contributed by atoms with Crippen molar-refractivity contribution in [3.63, 3.8) is 0 Å². The topological polar surface area (TPSA) is 70.7 Å². The molecule has 1 saturated heterocycles. The molecule has 1 aliphatic rings. The summed E-state index contributed by atoms with van der Waals surface area (Å²) in [5.41, 5.74) is 0.517. The zero-order valence-electron chi connectivity index (χ0n) is 11.5. The van der Waals surface area contributed by atoms with Gasteiger partial charge in [-0.3, -0.25) is 9.59 Å². The molecule has 0 bridgehead atoms. The van der Waals surface area contributed by atoms with Crippen LogP contribution >= 0.6 is 0 Å². The number of para-hydroxylation sites is 2. The van der Waals surface area contributed by atoms with Crippen LogP contribution in [0.15, 0.2) is 24.3 Å². The maximum Gasteiger partial charge on any atom is 0.314 e. The van der Waals surface area contributed by atoms with Crippen molar-refractivity contribution in [2.45, 2.75) is 6.92 Å². The molecule has 1 fully saturated rings. The van der Waals surface area contributed by atoms with E-state index in [0.717, 1.165) is 0 Å². The average Bonchev–Trinajstić information content (AvgIpc) is 2.49. The van der Waals surface area contributed by atoms with Crippen LogP contribution in [0.2, 0.25) is 0 Å². The average molecular weight is 277 g/mol. The number of carbonyl (C=O) groups is 2. The van der Waals surface area contributed by atoms with E-state index in [0.29, 0.717) is 44.2 Å². The van der Waals surface area contributed by atoms with E-state index in [1.807, 2.05) is 13.0 Å². The number of amides is 2. The maximum atomic E-state index is 12.0. The SMILES string of the molecule is CCOc1ccccc1NC(=O)C(=O)N1CCNCC1. The van der Waals surface area contributed by atoms with E-state index in [-0.39, 0.29) is 0 Å². The Kier molecular flexibility index (Phi) is 4.95. The molecule has 1 aromatic carbocycles. The first-order valence-electron chi connectivity index (χ1n) is 6.75. The van der Waals surface area contributed by atoms with E-state index in [4.69, 9.17) is 4.74 Å². The molecule has 1 heterocycles. The molecule has 0 spiro atoms. The third-order valence-corrected chi connectivity index (χ3v) is 3.03. The van der Waals surface area contributed by atoms with Crippen molar-refractivity contribution in [1.29, 1.82) is 0 Å². The lowest BCUT2D eigenvalue weighted by atomic mass is 10.2. The first kappa shape index (κ1) is 14.3. The molecule has 1 aromatic rings. The van der Waals surface area contributed by atoms with E-state index in [9.17, 15) is 9.59 Å². The van der Waals surface area contributed by atoms with E-state index < -0.39 is 11.8 Å². The number of ether oxygens (including phenoxy) is 1. The quantitative estimate of drug-likeness (QED) is 0.787. The molecule has 0 aromatic heterocycles. The van der Waals surface area contributed by atoms with Crippen molar-refractivity contribution in [3.05, 3.63) is 24.3 Å². The van der Waals surface area contributed by atoms with Crippen molar-refractivity contribution < 1.29 is 14.3 Å². The minimum absolute atomic E-state index is 0.499. The number of anilines is 1. The molecule has 0 unspecified atom stereocenters. The molecule has 0 radical (unpaired) electrons. The van der Waals surface area contributed by atoms with E-state index in [1.54, 1.807) is 23.1 Å². The summed E-state index contributed by atoms with van der Waals surface area (Å²) in [4.78, 5) is 25.6. The van der Waals surface area contributed by atoms with Gasteiger partial charge in [-0.05, 0) is 19.1 Å². The predicted octanol–water partition coefficient (Wildman–Crippen LogP) is 0.456. The fraction of sp³-hybridized carbons (Fsp3) is 0.429. The number of nitrogens with one attached hydrogen (secondary N) is 2. The fourth-order valence-corrected chi connectivity index (χ4v) is 2.04. The Morgan fingerprint density at radius 1 is 1.30 bits per heavy atom. The number of rotatable bonds is 3. The summed E-state index contributed by atoms with van der Waals surface area (Å²) >= 11 is 0. The highest BCUT2D eigenvalue weighted by Crippen LogP contribution is 2.23. The Morgan fingerprint density at radius 3 is 2.70 bits per heavy atom. The van der Waals surface area contributed by atoms with Gasteiger partial charge in [-0.1, -0.05) is 12.1 Å². The summed E-state index contributed by atoms with van der Waals surface area (Å²) in [7, 11) is 0. The fourth-order valence-electron chi connectivity index (χ4n) is 2.04. The van der Waals surface area contributed by atoms with Gasteiger partial charge in [0.25, 0.3) is 0 Å². The van der Waals surface area contributed by atoms with Gasteiger partial charge < -0.3 is 20.3 Å². The molecule has 6 nitrogen and oxygen atoms in total. The Bertz CT molecular complexity index is 484. The van der Waals surface area contributed by atoms with Gasteiger partial charge in [0.15, 0.2) is 0 Å². The number of carbonyl (C=O) groups excluding carboxylic acids is 2. The standard InChI is InChI=1S/C14H19N3O3/c1-2-20-12-6-4-3-5-11(12)16-13(18)14(19)17-9-7-15-8-10-17/h3-6,15H,2,7-10H2,1H3,(H,16,18). The van der Waals surface area contributed by atoms with Gasteiger partial charge in [0.1, 0.15) is 5.75 Å². The molecular weight excluding hydrogens is 258 g/mol. The Labute approximate surface area is 118 Å². The number of piperazine rings is 1. The maximum absolute atomic E-state index is 12.0. The van der Waals surface area contributed by atoms with Crippen LogP contribution < -0.4 is 15.4 Å². The minimum Gasteiger partial charge on any atom is -0.492 e. The number of benzene rings is 1. The van der Waals surface area contributed by atoms with Crippen molar-refractivity contribution in [1.82, 2.24) is 10.2 Å². The molecule has 2 amide bonds. The lowest BCUT2D eigenvalue weighted by molar-refractivity contribution is -0.143. The predicted molar refractivity (Wildman–Crippen MR) is 75.7 cm³/mol. The summed E-state index contributed by atoms with van der Waals surface area (Å²) in [6.45, 7) is 4.91. The second kappa shape index (κ2) is 6.91. The summed E-state index contributed by atoms with van der Waals surface area (Å²) in [5.74, 6) is -0.562. The molecule has 2 N–H and O–H groups in total. The summed E-state index contributed by atoms with van der Waals surface area (Å²) in [5, 5.41) is 5.76. The van der Waals surface area contributed by atoms with Gasteiger partial charge in [-0.2, -0.15) is 0 Å². The Morgan fingerprint density at radius 2 is 2.00 bits per heavy atom.